The van der Waals surface area contributed by atoms with E-state index in [2.05, 4.69) is 18.7 Å². The van der Waals surface area contributed by atoms with Gasteiger partial charge in [-0.05, 0) is 23.1 Å². The van der Waals surface area contributed by atoms with Crippen molar-refractivity contribution in [3.63, 3.8) is 0 Å². The molecule has 0 aliphatic carbocycles. The number of ether oxygens (including phenoxy) is 1. The van der Waals surface area contributed by atoms with Crippen LogP contribution < -0.4 is 0 Å². The first-order chi connectivity index (χ1) is 12.3. The molecule has 2 fully saturated rings. The standard InChI is InChI=1S/C19H26ClN3O3/c1-19(2)12-21(10-14-4-6-15(20)7-5-14)11-16-17(24)22(8-9-26-3)18(25)23(16)13-19/h4-7,16H,8-13H2,1-3H3. The lowest BCUT2D eigenvalue weighted by molar-refractivity contribution is -0.129. The van der Waals surface area contributed by atoms with Gasteiger partial charge in [-0.25, -0.2) is 4.79 Å². The number of hydrogen-bond donors (Lipinski definition) is 0. The second kappa shape index (κ2) is 7.55. The van der Waals surface area contributed by atoms with Gasteiger partial charge in [-0.2, -0.15) is 0 Å². The van der Waals surface area contributed by atoms with Crippen LogP contribution >= 0.6 is 11.6 Å². The van der Waals surface area contributed by atoms with Crippen LogP contribution in [-0.2, 0) is 16.1 Å². The Morgan fingerprint density at radius 3 is 2.54 bits per heavy atom. The second-order valence-corrected chi connectivity index (χ2v) is 8.31. The van der Waals surface area contributed by atoms with Gasteiger partial charge in [0.1, 0.15) is 6.04 Å². The van der Waals surface area contributed by atoms with Crippen molar-refractivity contribution in [2.24, 2.45) is 5.41 Å². The molecular weight excluding hydrogens is 354 g/mol. The summed E-state index contributed by atoms with van der Waals surface area (Å²) in [6.07, 6.45) is 0. The molecule has 0 saturated carbocycles. The van der Waals surface area contributed by atoms with Crippen LogP contribution in [0.4, 0.5) is 4.79 Å². The first-order valence-corrected chi connectivity index (χ1v) is 9.26. The number of halogens is 1. The summed E-state index contributed by atoms with van der Waals surface area (Å²) < 4.78 is 5.04. The number of carbonyl (C=O) groups is 2. The normalized spacial score (nSPS) is 23.3. The molecule has 3 rings (SSSR count). The second-order valence-electron chi connectivity index (χ2n) is 7.87. The van der Waals surface area contributed by atoms with Crippen molar-refractivity contribution in [3.05, 3.63) is 34.9 Å². The Hall–Kier alpha value is -1.63. The van der Waals surface area contributed by atoms with Crippen LogP contribution in [0.1, 0.15) is 19.4 Å². The molecule has 0 bridgehead atoms. The highest BCUT2D eigenvalue weighted by atomic mass is 35.5. The molecule has 0 spiro atoms. The summed E-state index contributed by atoms with van der Waals surface area (Å²) in [7, 11) is 1.57. The first-order valence-electron chi connectivity index (χ1n) is 8.88. The molecule has 1 aromatic rings. The van der Waals surface area contributed by atoms with Crippen molar-refractivity contribution in [3.8, 4) is 0 Å². The topological polar surface area (TPSA) is 53.1 Å². The van der Waals surface area contributed by atoms with Gasteiger partial charge >= 0.3 is 6.03 Å². The maximum absolute atomic E-state index is 12.8. The zero-order valence-corrected chi connectivity index (χ0v) is 16.3. The lowest BCUT2D eigenvalue weighted by atomic mass is 9.92. The highest BCUT2D eigenvalue weighted by Gasteiger charge is 2.49. The van der Waals surface area contributed by atoms with E-state index in [0.717, 1.165) is 18.7 Å². The molecule has 1 aromatic carbocycles. The average Bonchev–Trinajstić information content (AvgIpc) is 2.71. The number of methoxy groups -OCH3 is 1. The maximum Gasteiger partial charge on any atom is 0.327 e. The predicted octanol–water partition coefficient (Wildman–Crippen LogP) is 2.46. The number of carbonyl (C=O) groups excluding carboxylic acids is 2. The summed E-state index contributed by atoms with van der Waals surface area (Å²) in [4.78, 5) is 30.9. The van der Waals surface area contributed by atoms with Crippen molar-refractivity contribution in [2.75, 3.05) is 39.9 Å². The Labute approximate surface area is 159 Å². The van der Waals surface area contributed by atoms with Crippen LogP contribution in [0.5, 0.6) is 0 Å². The highest BCUT2D eigenvalue weighted by molar-refractivity contribution is 6.30. The van der Waals surface area contributed by atoms with Gasteiger partial charge in [-0.3, -0.25) is 14.6 Å². The zero-order chi connectivity index (χ0) is 18.9. The Morgan fingerprint density at radius 2 is 1.88 bits per heavy atom. The molecule has 6 nitrogen and oxygen atoms in total. The van der Waals surface area contributed by atoms with Crippen LogP contribution in [0, 0.1) is 5.41 Å². The van der Waals surface area contributed by atoms with E-state index >= 15 is 0 Å². The van der Waals surface area contributed by atoms with Gasteiger partial charge in [0.2, 0.25) is 0 Å². The Morgan fingerprint density at radius 1 is 1.19 bits per heavy atom. The van der Waals surface area contributed by atoms with Crippen molar-refractivity contribution in [1.82, 2.24) is 14.7 Å². The molecule has 2 heterocycles. The fourth-order valence-corrected chi connectivity index (χ4v) is 3.96. The minimum absolute atomic E-state index is 0.103. The van der Waals surface area contributed by atoms with Gasteiger partial charge in [0.15, 0.2) is 0 Å². The van der Waals surface area contributed by atoms with Crippen LogP contribution in [0.15, 0.2) is 24.3 Å². The Kier molecular flexibility index (Phi) is 5.55. The van der Waals surface area contributed by atoms with Gasteiger partial charge in [0, 0.05) is 38.3 Å². The molecule has 142 valence electrons. The summed E-state index contributed by atoms with van der Waals surface area (Å²) in [5, 5.41) is 0.710. The monoisotopic (exact) mass is 379 g/mol. The van der Waals surface area contributed by atoms with E-state index in [1.54, 1.807) is 12.0 Å². The van der Waals surface area contributed by atoms with Crippen LogP contribution in [0.25, 0.3) is 0 Å². The highest BCUT2D eigenvalue weighted by Crippen LogP contribution is 2.30. The van der Waals surface area contributed by atoms with Gasteiger partial charge in [-0.15, -0.1) is 0 Å². The van der Waals surface area contributed by atoms with Crippen LogP contribution in [0.2, 0.25) is 5.02 Å². The summed E-state index contributed by atoms with van der Waals surface area (Å²) in [6, 6.07) is 7.15. The molecule has 3 amide bonds. The summed E-state index contributed by atoms with van der Waals surface area (Å²) in [6.45, 7) is 7.60. The van der Waals surface area contributed by atoms with E-state index in [-0.39, 0.29) is 17.4 Å². The molecule has 1 unspecified atom stereocenters. The van der Waals surface area contributed by atoms with Crippen LogP contribution in [0.3, 0.4) is 0 Å². The molecule has 0 radical (unpaired) electrons. The van der Waals surface area contributed by atoms with E-state index in [9.17, 15) is 9.59 Å². The number of fused-ring (bicyclic) bond motifs is 1. The zero-order valence-electron chi connectivity index (χ0n) is 15.6. The minimum atomic E-state index is -0.423. The smallest absolute Gasteiger partial charge is 0.327 e. The van der Waals surface area contributed by atoms with Gasteiger partial charge in [-0.1, -0.05) is 37.6 Å². The lowest BCUT2D eigenvalue weighted by Crippen LogP contribution is -2.41. The van der Waals surface area contributed by atoms with E-state index in [1.165, 1.54) is 4.90 Å². The Bertz CT molecular complexity index is 677. The fraction of sp³-hybridized carbons (Fsp3) is 0.579. The number of hydrogen-bond acceptors (Lipinski definition) is 4. The van der Waals surface area contributed by atoms with Crippen molar-refractivity contribution < 1.29 is 14.3 Å². The molecule has 2 aliphatic rings. The van der Waals surface area contributed by atoms with Crippen molar-refractivity contribution in [2.45, 2.75) is 26.4 Å². The quantitative estimate of drug-likeness (QED) is 0.737. The molecule has 1 atom stereocenters. The number of urea groups is 1. The van der Waals surface area contributed by atoms with Crippen molar-refractivity contribution in [1.29, 1.82) is 0 Å². The first kappa shape index (κ1) is 19.1. The average molecular weight is 380 g/mol. The Balaban J connectivity index is 1.79. The van der Waals surface area contributed by atoms with E-state index in [1.807, 2.05) is 24.3 Å². The summed E-state index contributed by atoms with van der Waals surface area (Å²) in [5.74, 6) is -0.120. The third kappa shape index (κ3) is 4.03. The van der Waals surface area contributed by atoms with Gasteiger partial charge in [0.25, 0.3) is 5.91 Å². The SMILES string of the molecule is COCCN1C(=O)C2CN(Cc3ccc(Cl)cc3)CC(C)(C)CN2C1=O. The summed E-state index contributed by atoms with van der Waals surface area (Å²) in [5.41, 5.74) is 1.04. The lowest BCUT2D eigenvalue weighted by Gasteiger charge is -2.30. The van der Waals surface area contributed by atoms with Crippen molar-refractivity contribution >= 4 is 23.5 Å². The molecule has 2 saturated heterocycles. The van der Waals surface area contributed by atoms with E-state index in [0.29, 0.717) is 31.3 Å². The molecule has 26 heavy (non-hydrogen) atoms. The molecule has 0 N–H and O–H groups in total. The van der Waals surface area contributed by atoms with Gasteiger partial charge < -0.3 is 9.64 Å². The summed E-state index contributed by atoms with van der Waals surface area (Å²) >= 11 is 5.97. The largest absolute Gasteiger partial charge is 0.383 e. The fourth-order valence-electron chi connectivity index (χ4n) is 3.83. The van der Waals surface area contributed by atoms with E-state index in [4.69, 9.17) is 16.3 Å². The number of nitrogens with zero attached hydrogens (tertiary/aromatic N) is 3. The minimum Gasteiger partial charge on any atom is -0.383 e. The predicted molar refractivity (Wildman–Crippen MR) is 100.0 cm³/mol. The molecular formula is C19H26ClN3O3. The third-order valence-corrected chi connectivity index (χ3v) is 5.18. The molecule has 7 heteroatoms. The third-order valence-electron chi connectivity index (χ3n) is 4.92. The van der Waals surface area contributed by atoms with Crippen LogP contribution in [-0.4, -0.2) is 72.6 Å². The maximum atomic E-state index is 12.8. The van der Waals surface area contributed by atoms with Gasteiger partial charge in [0.05, 0.1) is 13.2 Å². The number of amides is 3. The molecule has 0 aromatic heterocycles. The van der Waals surface area contributed by atoms with E-state index < -0.39 is 6.04 Å². The number of benzene rings is 1. The number of imide groups is 1. The number of rotatable bonds is 5. The molecule has 2 aliphatic heterocycles.